The maximum Gasteiger partial charge on any atom is 0.248 e. The van der Waals surface area contributed by atoms with Crippen molar-refractivity contribution in [1.29, 1.82) is 0 Å². The van der Waals surface area contributed by atoms with Gasteiger partial charge in [-0.15, -0.1) is 0 Å². The monoisotopic (exact) mass is 351 g/mol. The van der Waals surface area contributed by atoms with E-state index in [2.05, 4.69) is 38.2 Å². The molecule has 0 radical (unpaired) electrons. The summed E-state index contributed by atoms with van der Waals surface area (Å²) >= 11 is 0. The van der Waals surface area contributed by atoms with Crippen LogP contribution in [0.2, 0.25) is 0 Å². The molecule has 2 aromatic carbocycles. The van der Waals surface area contributed by atoms with Gasteiger partial charge in [0, 0.05) is 17.8 Å². The van der Waals surface area contributed by atoms with E-state index >= 15 is 0 Å². The standard InChI is InChI=1S/C22H25NO3/c1-15-13-19-20(26-12-11-25-19)14-18(15)23-21(24)10-7-16-5-8-17(9-6-16)22(2,3)4/h5-10,13-14H,11-12H2,1-4H3,(H,23,24). The average Bonchev–Trinajstić information content (AvgIpc) is 2.60. The second-order valence-corrected chi connectivity index (χ2v) is 7.51. The van der Waals surface area contributed by atoms with E-state index in [0.29, 0.717) is 19.0 Å². The molecule has 0 aromatic heterocycles. The summed E-state index contributed by atoms with van der Waals surface area (Å²) in [5.41, 5.74) is 4.05. The number of amides is 1. The lowest BCUT2D eigenvalue weighted by Gasteiger charge is -2.20. The SMILES string of the molecule is Cc1cc2c(cc1NC(=O)C=Cc1ccc(C(C)(C)C)cc1)OCCO2. The normalized spacial score (nSPS) is 13.7. The molecule has 1 aliphatic heterocycles. The fourth-order valence-electron chi connectivity index (χ4n) is 2.77. The third-order valence-electron chi connectivity index (χ3n) is 4.35. The third kappa shape index (κ3) is 4.26. The van der Waals surface area contributed by atoms with Gasteiger partial charge in [0.15, 0.2) is 11.5 Å². The summed E-state index contributed by atoms with van der Waals surface area (Å²) in [4.78, 5) is 12.3. The van der Waals surface area contributed by atoms with E-state index in [1.807, 2.05) is 37.3 Å². The number of aryl methyl sites for hydroxylation is 1. The Morgan fingerprint density at radius 1 is 1.04 bits per heavy atom. The van der Waals surface area contributed by atoms with Crippen LogP contribution in [0.3, 0.4) is 0 Å². The molecule has 4 heteroatoms. The van der Waals surface area contributed by atoms with Crippen molar-refractivity contribution < 1.29 is 14.3 Å². The van der Waals surface area contributed by atoms with Crippen LogP contribution in [0.4, 0.5) is 5.69 Å². The molecule has 0 fully saturated rings. The summed E-state index contributed by atoms with van der Waals surface area (Å²) in [5, 5.41) is 2.90. The lowest BCUT2D eigenvalue weighted by molar-refractivity contribution is -0.111. The summed E-state index contributed by atoms with van der Waals surface area (Å²) in [6.07, 6.45) is 3.36. The molecule has 1 amide bonds. The molecule has 2 aromatic rings. The fraction of sp³-hybridized carbons (Fsp3) is 0.318. The van der Waals surface area contributed by atoms with E-state index in [0.717, 1.165) is 22.6 Å². The van der Waals surface area contributed by atoms with Gasteiger partial charge in [0.05, 0.1) is 0 Å². The Hall–Kier alpha value is -2.75. The Labute approximate surface area is 154 Å². The van der Waals surface area contributed by atoms with Crippen LogP contribution in [-0.4, -0.2) is 19.1 Å². The van der Waals surface area contributed by atoms with E-state index < -0.39 is 0 Å². The topological polar surface area (TPSA) is 47.6 Å². The maximum atomic E-state index is 12.3. The van der Waals surface area contributed by atoms with Crippen molar-refractivity contribution in [1.82, 2.24) is 0 Å². The molecule has 1 aliphatic rings. The molecule has 0 saturated heterocycles. The summed E-state index contributed by atoms with van der Waals surface area (Å²) in [7, 11) is 0. The summed E-state index contributed by atoms with van der Waals surface area (Å²) < 4.78 is 11.1. The zero-order valence-electron chi connectivity index (χ0n) is 15.8. The molecule has 26 heavy (non-hydrogen) atoms. The van der Waals surface area contributed by atoms with Gasteiger partial charge in [-0.25, -0.2) is 0 Å². The van der Waals surface area contributed by atoms with Crippen LogP contribution >= 0.6 is 0 Å². The molecule has 1 N–H and O–H groups in total. The van der Waals surface area contributed by atoms with E-state index in [4.69, 9.17) is 9.47 Å². The Balaban J connectivity index is 1.68. The van der Waals surface area contributed by atoms with Gasteiger partial charge in [0.25, 0.3) is 0 Å². The van der Waals surface area contributed by atoms with Crippen LogP contribution in [0.1, 0.15) is 37.5 Å². The Kier molecular flexibility index (Phi) is 5.03. The van der Waals surface area contributed by atoms with Gasteiger partial charge < -0.3 is 14.8 Å². The first-order chi connectivity index (χ1) is 12.3. The largest absolute Gasteiger partial charge is 0.486 e. The van der Waals surface area contributed by atoms with Gasteiger partial charge in [0.2, 0.25) is 5.91 Å². The molecular weight excluding hydrogens is 326 g/mol. The molecule has 3 rings (SSSR count). The highest BCUT2D eigenvalue weighted by atomic mass is 16.6. The van der Waals surface area contributed by atoms with Gasteiger partial charge in [-0.05, 0) is 41.2 Å². The zero-order valence-corrected chi connectivity index (χ0v) is 15.8. The van der Waals surface area contributed by atoms with Crippen molar-refractivity contribution in [3.8, 4) is 11.5 Å². The minimum Gasteiger partial charge on any atom is -0.486 e. The second kappa shape index (κ2) is 7.24. The number of ether oxygens (including phenoxy) is 2. The first-order valence-electron chi connectivity index (χ1n) is 8.83. The van der Waals surface area contributed by atoms with E-state index in [1.165, 1.54) is 5.56 Å². The van der Waals surface area contributed by atoms with Gasteiger partial charge >= 0.3 is 0 Å². The van der Waals surface area contributed by atoms with E-state index in [9.17, 15) is 4.79 Å². The van der Waals surface area contributed by atoms with Gasteiger partial charge in [-0.3, -0.25) is 4.79 Å². The number of carbonyl (C=O) groups is 1. The lowest BCUT2D eigenvalue weighted by atomic mass is 9.87. The molecule has 0 atom stereocenters. The molecule has 0 unspecified atom stereocenters. The zero-order chi connectivity index (χ0) is 18.7. The lowest BCUT2D eigenvalue weighted by Crippen LogP contribution is -2.16. The quantitative estimate of drug-likeness (QED) is 0.814. The minimum atomic E-state index is -0.176. The summed E-state index contributed by atoms with van der Waals surface area (Å²) in [6, 6.07) is 12.0. The highest BCUT2D eigenvalue weighted by Crippen LogP contribution is 2.35. The van der Waals surface area contributed by atoms with Crippen molar-refractivity contribution in [2.45, 2.75) is 33.1 Å². The predicted octanol–water partition coefficient (Wildman–Crippen LogP) is 4.72. The Bertz CT molecular complexity index is 830. The van der Waals surface area contributed by atoms with Gasteiger partial charge in [-0.2, -0.15) is 0 Å². The number of anilines is 1. The minimum absolute atomic E-state index is 0.120. The van der Waals surface area contributed by atoms with Crippen LogP contribution in [0.5, 0.6) is 11.5 Å². The van der Waals surface area contributed by atoms with Crippen LogP contribution in [0, 0.1) is 6.92 Å². The number of nitrogens with one attached hydrogen (secondary N) is 1. The van der Waals surface area contributed by atoms with Gasteiger partial charge in [0.1, 0.15) is 13.2 Å². The molecule has 0 aliphatic carbocycles. The van der Waals surface area contributed by atoms with Crippen molar-refractivity contribution >= 4 is 17.7 Å². The van der Waals surface area contributed by atoms with Crippen molar-refractivity contribution in [3.63, 3.8) is 0 Å². The summed E-state index contributed by atoms with van der Waals surface area (Å²) in [6.45, 7) is 9.55. The highest BCUT2D eigenvalue weighted by Gasteiger charge is 2.15. The molecule has 0 bridgehead atoms. The van der Waals surface area contributed by atoms with Crippen molar-refractivity contribution in [3.05, 3.63) is 59.2 Å². The number of carbonyl (C=O) groups excluding carboxylic acids is 1. The third-order valence-corrected chi connectivity index (χ3v) is 4.35. The molecule has 4 nitrogen and oxygen atoms in total. The number of hydrogen-bond donors (Lipinski definition) is 1. The first kappa shape index (κ1) is 18.1. The van der Waals surface area contributed by atoms with E-state index in [1.54, 1.807) is 6.08 Å². The van der Waals surface area contributed by atoms with Crippen molar-refractivity contribution in [2.24, 2.45) is 0 Å². The molecule has 0 spiro atoms. The smallest absolute Gasteiger partial charge is 0.248 e. The highest BCUT2D eigenvalue weighted by molar-refractivity contribution is 6.02. The van der Waals surface area contributed by atoms with Crippen LogP contribution in [0.25, 0.3) is 6.08 Å². The van der Waals surface area contributed by atoms with Crippen LogP contribution in [-0.2, 0) is 10.2 Å². The van der Waals surface area contributed by atoms with Crippen molar-refractivity contribution in [2.75, 3.05) is 18.5 Å². The first-order valence-corrected chi connectivity index (χ1v) is 8.83. The number of fused-ring (bicyclic) bond motifs is 1. The van der Waals surface area contributed by atoms with Crippen LogP contribution < -0.4 is 14.8 Å². The summed E-state index contributed by atoms with van der Waals surface area (Å²) in [5.74, 6) is 1.21. The number of hydrogen-bond acceptors (Lipinski definition) is 3. The predicted molar refractivity (Wildman–Crippen MR) is 105 cm³/mol. The number of benzene rings is 2. The Morgan fingerprint density at radius 3 is 2.27 bits per heavy atom. The fourth-order valence-corrected chi connectivity index (χ4v) is 2.77. The van der Waals surface area contributed by atoms with E-state index in [-0.39, 0.29) is 11.3 Å². The maximum absolute atomic E-state index is 12.3. The second-order valence-electron chi connectivity index (χ2n) is 7.51. The van der Waals surface area contributed by atoms with Gasteiger partial charge in [-0.1, -0.05) is 45.0 Å². The molecule has 0 saturated carbocycles. The molecular formula is C22H25NO3. The van der Waals surface area contributed by atoms with Crippen LogP contribution in [0.15, 0.2) is 42.5 Å². The average molecular weight is 351 g/mol. The molecule has 1 heterocycles. The molecule has 136 valence electrons. The Morgan fingerprint density at radius 2 is 1.65 bits per heavy atom. The number of rotatable bonds is 3.